The molecule has 2 aromatic carbocycles. The lowest BCUT2D eigenvalue weighted by molar-refractivity contribution is 0.0740. The molecule has 0 atom stereocenters. The van der Waals surface area contributed by atoms with E-state index in [1.54, 1.807) is 6.92 Å². The number of ketones is 1. The Morgan fingerprint density at radius 3 is 2.15 bits per heavy atom. The minimum absolute atomic E-state index is 0.0443. The third-order valence-corrected chi connectivity index (χ3v) is 7.63. The summed E-state index contributed by atoms with van der Waals surface area (Å²) in [7, 11) is 0. The van der Waals surface area contributed by atoms with Crippen LogP contribution in [-0.2, 0) is 6.54 Å². The average Bonchev–Trinajstić information content (AvgIpc) is 3.28. The number of carbonyl (C=O) groups is 2. The van der Waals surface area contributed by atoms with Crippen molar-refractivity contribution < 1.29 is 9.59 Å². The Hall–Kier alpha value is -3.23. The molecule has 40 heavy (non-hydrogen) atoms. The number of rotatable bonds is 13. The largest absolute Gasteiger partial charge is 0.339 e. The van der Waals surface area contributed by atoms with Crippen LogP contribution in [0.4, 0.5) is 11.6 Å². The highest BCUT2D eigenvalue weighted by molar-refractivity contribution is 5.98. The fraction of sp³-hybridized carbons (Fsp3) is 0.531. The standard InChI is InChI=1S/C32H46N6O2/c1-23(2)12-16-37(17-13-24(3)4)31(40)27-8-11-29-30(22-27)38(21-20-36-18-14-33-15-19-36)32(35-29)34-28-9-6-26(7-10-28)25(5)39/h6-11,22-24,33H,12-21H2,1-5H3,(H,34,35). The molecule has 0 unspecified atom stereocenters. The van der Waals surface area contributed by atoms with Crippen LogP contribution in [0.15, 0.2) is 42.5 Å². The van der Waals surface area contributed by atoms with E-state index in [1.165, 1.54) is 0 Å². The Kier molecular flexibility index (Phi) is 10.3. The highest BCUT2D eigenvalue weighted by Gasteiger charge is 2.20. The highest BCUT2D eigenvalue weighted by atomic mass is 16.2. The van der Waals surface area contributed by atoms with Crippen LogP contribution in [0.5, 0.6) is 0 Å². The zero-order chi connectivity index (χ0) is 28.6. The van der Waals surface area contributed by atoms with Gasteiger partial charge in [-0.1, -0.05) is 27.7 Å². The number of Topliss-reactive ketones (excluding diaryl/α,β-unsaturated/α-hetero) is 1. The van der Waals surface area contributed by atoms with E-state index in [-0.39, 0.29) is 11.7 Å². The molecule has 0 saturated carbocycles. The topological polar surface area (TPSA) is 82.5 Å². The van der Waals surface area contributed by atoms with E-state index < -0.39 is 0 Å². The van der Waals surface area contributed by atoms with E-state index in [0.717, 1.165) is 87.9 Å². The first-order valence-electron chi connectivity index (χ1n) is 14.8. The Morgan fingerprint density at radius 2 is 1.55 bits per heavy atom. The van der Waals surface area contributed by atoms with Gasteiger partial charge >= 0.3 is 0 Å². The molecular weight excluding hydrogens is 500 g/mol. The molecule has 1 amide bonds. The van der Waals surface area contributed by atoms with E-state index in [0.29, 0.717) is 23.0 Å². The summed E-state index contributed by atoms with van der Waals surface area (Å²) in [4.78, 5) is 34.9. The molecule has 2 heterocycles. The van der Waals surface area contributed by atoms with Crippen molar-refractivity contribution in [1.82, 2.24) is 24.7 Å². The van der Waals surface area contributed by atoms with E-state index >= 15 is 0 Å². The number of hydrogen-bond donors (Lipinski definition) is 2. The molecule has 216 valence electrons. The summed E-state index contributed by atoms with van der Waals surface area (Å²) in [5.74, 6) is 1.96. The molecule has 0 aliphatic carbocycles. The minimum Gasteiger partial charge on any atom is -0.339 e. The van der Waals surface area contributed by atoms with Gasteiger partial charge in [0, 0.05) is 69.2 Å². The summed E-state index contributed by atoms with van der Waals surface area (Å²) in [5.41, 5.74) is 4.07. The number of piperazine rings is 1. The van der Waals surface area contributed by atoms with Crippen molar-refractivity contribution in [3.05, 3.63) is 53.6 Å². The van der Waals surface area contributed by atoms with Gasteiger partial charge in [0.1, 0.15) is 0 Å². The quantitative estimate of drug-likeness (QED) is 0.279. The van der Waals surface area contributed by atoms with Crippen molar-refractivity contribution in [3.63, 3.8) is 0 Å². The van der Waals surface area contributed by atoms with Crippen LogP contribution in [0.2, 0.25) is 0 Å². The monoisotopic (exact) mass is 546 g/mol. The molecule has 8 nitrogen and oxygen atoms in total. The van der Waals surface area contributed by atoms with Crippen LogP contribution in [0, 0.1) is 11.8 Å². The first kappa shape index (κ1) is 29.7. The van der Waals surface area contributed by atoms with Crippen LogP contribution in [0.25, 0.3) is 11.0 Å². The average molecular weight is 547 g/mol. The number of benzene rings is 2. The van der Waals surface area contributed by atoms with Crippen LogP contribution < -0.4 is 10.6 Å². The molecule has 0 bridgehead atoms. The van der Waals surface area contributed by atoms with E-state index in [1.807, 2.05) is 47.4 Å². The molecule has 0 radical (unpaired) electrons. The summed E-state index contributed by atoms with van der Waals surface area (Å²) >= 11 is 0. The molecule has 1 aliphatic heterocycles. The van der Waals surface area contributed by atoms with Crippen molar-refractivity contribution in [2.45, 2.75) is 54.0 Å². The number of nitrogens with one attached hydrogen (secondary N) is 2. The Labute approximate surface area is 239 Å². The van der Waals surface area contributed by atoms with E-state index in [2.05, 4.69) is 47.8 Å². The third kappa shape index (κ3) is 7.92. The fourth-order valence-electron chi connectivity index (χ4n) is 5.00. The molecule has 4 rings (SSSR count). The van der Waals surface area contributed by atoms with Gasteiger partial charge in [-0.3, -0.25) is 14.5 Å². The van der Waals surface area contributed by atoms with Gasteiger partial charge in [0.15, 0.2) is 5.78 Å². The molecule has 1 aromatic heterocycles. The molecule has 1 aliphatic rings. The maximum Gasteiger partial charge on any atom is 0.253 e. The molecule has 2 N–H and O–H groups in total. The second-order valence-corrected chi connectivity index (χ2v) is 11.8. The molecular formula is C32H46N6O2. The zero-order valence-electron chi connectivity index (χ0n) is 24.9. The van der Waals surface area contributed by atoms with Gasteiger partial charge in [0.25, 0.3) is 5.91 Å². The number of imidazole rings is 1. The summed E-state index contributed by atoms with van der Waals surface area (Å²) in [6.45, 7) is 17.6. The summed E-state index contributed by atoms with van der Waals surface area (Å²) < 4.78 is 2.19. The Balaban J connectivity index is 1.64. The predicted molar refractivity (Wildman–Crippen MR) is 164 cm³/mol. The second kappa shape index (κ2) is 13.9. The number of fused-ring (bicyclic) bond motifs is 1. The van der Waals surface area contributed by atoms with Crippen LogP contribution in [0.3, 0.4) is 0 Å². The number of amides is 1. The number of aromatic nitrogens is 2. The first-order chi connectivity index (χ1) is 19.2. The molecule has 1 fully saturated rings. The SMILES string of the molecule is CC(=O)c1ccc(Nc2nc3ccc(C(=O)N(CCC(C)C)CCC(C)C)cc3n2CCN2CCNCC2)cc1. The lowest BCUT2D eigenvalue weighted by Crippen LogP contribution is -2.44. The highest BCUT2D eigenvalue weighted by Crippen LogP contribution is 2.25. The van der Waals surface area contributed by atoms with Gasteiger partial charge in [-0.15, -0.1) is 0 Å². The molecule has 0 spiro atoms. The van der Waals surface area contributed by atoms with Crippen LogP contribution in [-0.4, -0.2) is 76.9 Å². The van der Waals surface area contributed by atoms with Crippen molar-refractivity contribution >= 4 is 34.4 Å². The van der Waals surface area contributed by atoms with Gasteiger partial charge in [-0.25, -0.2) is 4.98 Å². The normalized spacial score (nSPS) is 14.3. The van der Waals surface area contributed by atoms with Gasteiger partial charge in [-0.2, -0.15) is 0 Å². The molecule has 3 aromatic rings. The minimum atomic E-state index is 0.0443. The first-order valence-corrected chi connectivity index (χ1v) is 14.8. The maximum atomic E-state index is 13.8. The summed E-state index contributed by atoms with van der Waals surface area (Å²) in [6.07, 6.45) is 1.98. The summed E-state index contributed by atoms with van der Waals surface area (Å²) in [5, 5.41) is 6.89. The fourth-order valence-corrected chi connectivity index (χ4v) is 5.00. The van der Waals surface area contributed by atoms with E-state index in [4.69, 9.17) is 4.98 Å². The van der Waals surface area contributed by atoms with Gasteiger partial charge in [-0.05, 0) is 74.1 Å². The van der Waals surface area contributed by atoms with Gasteiger partial charge in [0.05, 0.1) is 11.0 Å². The molecule has 8 heteroatoms. The summed E-state index contributed by atoms with van der Waals surface area (Å²) in [6, 6.07) is 13.4. The number of anilines is 2. The van der Waals surface area contributed by atoms with Gasteiger partial charge in [0.2, 0.25) is 5.95 Å². The van der Waals surface area contributed by atoms with Crippen LogP contribution >= 0.6 is 0 Å². The van der Waals surface area contributed by atoms with Gasteiger partial charge < -0.3 is 20.1 Å². The Bertz CT molecular complexity index is 1260. The lowest BCUT2D eigenvalue weighted by atomic mass is 10.1. The van der Waals surface area contributed by atoms with E-state index in [9.17, 15) is 9.59 Å². The zero-order valence-corrected chi connectivity index (χ0v) is 24.9. The number of hydrogen-bond acceptors (Lipinski definition) is 6. The smallest absolute Gasteiger partial charge is 0.253 e. The maximum absolute atomic E-state index is 13.8. The van der Waals surface area contributed by atoms with Crippen molar-refractivity contribution in [1.29, 1.82) is 0 Å². The Morgan fingerprint density at radius 1 is 0.925 bits per heavy atom. The second-order valence-electron chi connectivity index (χ2n) is 11.8. The van der Waals surface area contributed by atoms with Crippen molar-refractivity contribution in [2.75, 3.05) is 51.1 Å². The third-order valence-electron chi connectivity index (χ3n) is 7.63. The number of carbonyl (C=O) groups excluding carboxylic acids is 2. The number of nitrogens with zero attached hydrogens (tertiary/aromatic N) is 4. The van der Waals surface area contributed by atoms with Crippen molar-refractivity contribution in [2.24, 2.45) is 11.8 Å². The van der Waals surface area contributed by atoms with Crippen LogP contribution in [0.1, 0.15) is 68.2 Å². The van der Waals surface area contributed by atoms with Crippen molar-refractivity contribution in [3.8, 4) is 0 Å². The lowest BCUT2D eigenvalue weighted by Gasteiger charge is -2.27. The molecule has 1 saturated heterocycles. The predicted octanol–water partition coefficient (Wildman–Crippen LogP) is 5.42.